The lowest BCUT2D eigenvalue weighted by atomic mass is 10.1. The molecule has 0 saturated heterocycles. The Balaban J connectivity index is 1.80. The van der Waals surface area contributed by atoms with E-state index in [4.69, 9.17) is 4.74 Å². The zero-order chi connectivity index (χ0) is 24.2. The molecule has 174 valence electrons. The van der Waals surface area contributed by atoms with E-state index in [1.807, 2.05) is 6.92 Å². The number of benzene rings is 3. The molecule has 3 aromatic carbocycles. The van der Waals surface area contributed by atoms with Gasteiger partial charge in [-0.2, -0.15) is 4.31 Å². The van der Waals surface area contributed by atoms with Gasteiger partial charge < -0.3 is 10.1 Å². The number of halogens is 1. The molecule has 8 heteroatoms. The highest BCUT2D eigenvalue weighted by Crippen LogP contribution is 2.25. The van der Waals surface area contributed by atoms with Crippen LogP contribution in [-0.4, -0.2) is 32.8 Å². The molecule has 1 N–H and O–H groups in total. The molecule has 3 aromatic rings. The Morgan fingerprint density at radius 3 is 2.30 bits per heavy atom. The van der Waals surface area contributed by atoms with Crippen molar-refractivity contribution in [1.29, 1.82) is 0 Å². The van der Waals surface area contributed by atoms with E-state index < -0.39 is 10.0 Å². The largest absolute Gasteiger partial charge is 0.496 e. The van der Waals surface area contributed by atoms with Gasteiger partial charge in [0, 0.05) is 24.7 Å². The summed E-state index contributed by atoms with van der Waals surface area (Å²) in [6, 6.07) is 17.1. The smallest absolute Gasteiger partial charge is 0.251 e. The van der Waals surface area contributed by atoms with Gasteiger partial charge in [0.1, 0.15) is 11.6 Å². The Bertz CT molecular complexity index is 1230. The van der Waals surface area contributed by atoms with Gasteiger partial charge >= 0.3 is 0 Å². The zero-order valence-electron chi connectivity index (χ0n) is 19.0. The number of methoxy groups -OCH3 is 1. The SMILES string of the molecule is COc1ccc(C(=O)N[C@@H](C)c2ccc(F)cc2)cc1CN(C)S(=O)(=O)c1ccc(C)cc1. The maximum atomic E-state index is 13.2. The van der Waals surface area contributed by atoms with Crippen molar-refractivity contribution in [1.82, 2.24) is 9.62 Å². The highest BCUT2D eigenvalue weighted by atomic mass is 32.2. The molecule has 0 spiro atoms. The molecule has 0 unspecified atom stereocenters. The van der Waals surface area contributed by atoms with Crippen LogP contribution in [0.1, 0.15) is 40.0 Å². The Hall–Kier alpha value is -3.23. The predicted molar refractivity (Wildman–Crippen MR) is 125 cm³/mol. The lowest BCUT2D eigenvalue weighted by molar-refractivity contribution is 0.0939. The summed E-state index contributed by atoms with van der Waals surface area (Å²) < 4.78 is 45.7. The maximum Gasteiger partial charge on any atom is 0.251 e. The molecule has 3 rings (SSSR count). The van der Waals surface area contributed by atoms with Gasteiger partial charge in [0.15, 0.2) is 0 Å². The van der Waals surface area contributed by atoms with E-state index in [1.54, 1.807) is 61.5 Å². The van der Waals surface area contributed by atoms with Crippen molar-refractivity contribution in [3.05, 3.63) is 94.8 Å². The van der Waals surface area contributed by atoms with Crippen molar-refractivity contribution in [2.24, 2.45) is 0 Å². The van der Waals surface area contributed by atoms with Crippen LogP contribution in [0.25, 0.3) is 0 Å². The third-order valence-corrected chi connectivity index (χ3v) is 7.20. The topological polar surface area (TPSA) is 75.7 Å². The van der Waals surface area contributed by atoms with Gasteiger partial charge in [-0.05, 0) is 61.9 Å². The molecule has 0 bridgehead atoms. The first-order valence-electron chi connectivity index (χ1n) is 10.4. The van der Waals surface area contributed by atoms with E-state index in [-0.39, 0.29) is 29.2 Å². The highest BCUT2D eigenvalue weighted by Gasteiger charge is 2.23. The first-order valence-corrected chi connectivity index (χ1v) is 11.8. The van der Waals surface area contributed by atoms with Gasteiger partial charge in [-0.25, -0.2) is 12.8 Å². The van der Waals surface area contributed by atoms with Crippen molar-refractivity contribution in [2.75, 3.05) is 14.2 Å². The molecule has 0 heterocycles. The Morgan fingerprint density at radius 2 is 1.70 bits per heavy atom. The minimum absolute atomic E-state index is 0.0218. The van der Waals surface area contributed by atoms with Crippen molar-refractivity contribution in [3.63, 3.8) is 0 Å². The van der Waals surface area contributed by atoms with Crippen LogP contribution in [0.3, 0.4) is 0 Å². The molecule has 1 amide bonds. The summed E-state index contributed by atoms with van der Waals surface area (Å²) in [7, 11) is -0.750. The van der Waals surface area contributed by atoms with Gasteiger partial charge in [-0.1, -0.05) is 29.8 Å². The van der Waals surface area contributed by atoms with Gasteiger partial charge in [0.05, 0.1) is 18.0 Å². The van der Waals surface area contributed by atoms with Crippen LogP contribution in [-0.2, 0) is 16.6 Å². The molecule has 6 nitrogen and oxygen atoms in total. The fourth-order valence-electron chi connectivity index (χ4n) is 3.37. The van der Waals surface area contributed by atoms with Gasteiger partial charge in [-0.15, -0.1) is 0 Å². The average Bonchev–Trinajstić information content (AvgIpc) is 2.79. The summed E-state index contributed by atoms with van der Waals surface area (Å²) in [6.45, 7) is 3.71. The molecule has 0 saturated carbocycles. The number of carbonyl (C=O) groups is 1. The molecule has 0 aliphatic carbocycles. The molecule has 1 atom stereocenters. The lowest BCUT2D eigenvalue weighted by Gasteiger charge is -2.20. The zero-order valence-corrected chi connectivity index (χ0v) is 19.8. The second-order valence-corrected chi connectivity index (χ2v) is 9.89. The third-order valence-electron chi connectivity index (χ3n) is 5.38. The molecule has 0 aliphatic rings. The van der Waals surface area contributed by atoms with E-state index in [0.29, 0.717) is 16.9 Å². The molecule has 0 aromatic heterocycles. The number of ether oxygens (including phenoxy) is 1. The standard InChI is InChI=1S/C25H27FN2O4S/c1-17-5-12-23(13-6-17)33(30,31)28(3)16-21-15-20(9-14-24(21)32-4)25(29)27-18(2)19-7-10-22(26)11-8-19/h5-15,18H,16H2,1-4H3,(H,27,29)/t18-/m0/s1. The number of hydrogen-bond acceptors (Lipinski definition) is 4. The molecular formula is C25H27FN2O4S. The van der Waals surface area contributed by atoms with Crippen LogP contribution in [0.5, 0.6) is 5.75 Å². The first kappa shape index (κ1) is 24.4. The van der Waals surface area contributed by atoms with Crippen molar-refractivity contribution < 1.29 is 22.3 Å². The number of nitrogens with zero attached hydrogens (tertiary/aromatic N) is 1. The number of carbonyl (C=O) groups excluding carboxylic acids is 1. The van der Waals surface area contributed by atoms with E-state index in [2.05, 4.69) is 5.32 Å². The maximum absolute atomic E-state index is 13.2. The van der Waals surface area contributed by atoms with Crippen LogP contribution < -0.4 is 10.1 Å². The summed E-state index contributed by atoms with van der Waals surface area (Å²) in [5, 5.41) is 2.88. The predicted octanol–water partition coefficient (Wildman–Crippen LogP) is 4.45. The number of amides is 1. The van der Waals surface area contributed by atoms with Gasteiger partial charge in [-0.3, -0.25) is 4.79 Å². The Labute approximate surface area is 194 Å². The van der Waals surface area contributed by atoms with Gasteiger partial charge in [0.2, 0.25) is 10.0 Å². The summed E-state index contributed by atoms with van der Waals surface area (Å²) in [6.07, 6.45) is 0. The van der Waals surface area contributed by atoms with Crippen LogP contribution in [0, 0.1) is 12.7 Å². The van der Waals surface area contributed by atoms with Crippen LogP contribution in [0.15, 0.2) is 71.6 Å². The van der Waals surface area contributed by atoms with Crippen LogP contribution in [0.4, 0.5) is 4.39 Å². The Kier molecular flexibility index (Phi) is 7.50. The fourth-order valence-corrected chi connectivity index (χ4v) is 4.52. The summed E-state index contributed by atoms with van der Waals surface area (Å²) in [5.74, 6) is -0.203. The van der Waals surface area contributed by atoms with E-state index in [1.165, 1.54) is 30.6 Å². The second kappa shape index (κ2) is 10.1. The van der Waals surface area contributed by atoms with Crippen LogP contribution in [0.2, 0.25) is 0 Å². The highest BCUT2D eigenvalue weighted by molar-refractivity contribution is 7.89. The first-order chi connectivity index (χ1) is 15.6. The second-order valence-electron chi connectivity index (χ2n) is 7.85. The Morgan fingerprint density at radius 1 is 1.06 bits per heavy atom. The van der Waals surface area contributed by atoms with E-state index in [9.17, 15) is 17.6 Å². The summed E-state index contributed by atoms with van der Waals surface area (Å²) in [4.78, 5) is 13.0. The lowest BCUT2D eigenvalue weighted by Crippen LogP contribution is -2.28. The number of hydrogen-bond donors (Lipinski definition) is 1. The van der Waals surface area contributed by atoms with Crippen molar-refractivity contribution in [2.45, 2.75) is 31.3 Å². The number of nitrogens with one attached hydrogen (secondary N) is 1. The fraction of sp³-hybridized carbons (Fsp3) is 0.240. The molecular weight excluding hydrogens is 443 g/mol. The minimum Gasteiger partial charge on any atom is -0.496 e. The normalized spacial score (nSPS) is 12.4. The molecule has 0 fully saturated rings. The van der Waals surface area contributed by atoms with Crippen molar-refractivity contribution in [3.8, 4) is 5.75 Å². The van der Waals surface area contributed by atoms with Gasteiger partial charge in [0.25, 0.3) is 5.91 Å². The summed E-state index contributed by atoms with van der Waals surface area (Å²) in [5.41, 5.74) is 2.65. The molecule has 0 aliphatic heterocycles. The van der Waals surface area contributed by atoms with Crippen molar-refractivity contribution >= 4 is 15.9 Å². The number of aryl methyl sites for hydroxylation is 1. The average molecular weight is 471 g/mol. The number of sulfonamides is 1. The van der Waals surface area contributed by atoms with Crippen LogP contribution >= 0.6 is 0 Å². The number of rotatable bonds is 8. The molecule has 0 radical (unpaired) electrons. The third kappa shape index (κ3) is 5.77. The monoisotopic (exact) mass is 470 g/mol. The van der Waals surface area contributed by atoms with E-state index >= 15 is 0 Å². The molecule has 33 heavy (non-hydrogen) atoms. The van der Waals surface area contributed by atoms with E-state index in [0.717, 1.165) is 11.1 Å². The quantitative estimate of drug-likeness (QED) is 0.528. The minimum atomic E-state index is -3.72. The summed E-state index contributed by atoms with van der Waals surface area (Å²) >= 11 is 0.